The van der Waals surface area contributed by atoms with Crippen LogP contribution >= 0.6 is 0 Å². The highest BCUT2D eigenvalue weighted by molar-refractivity contribution is 5.70. The maximum absolute atomic E-state index is 11.2. The lowest BCUT2D eigenvalue weighted by atomic mass is 9.71. The summed E-state index contributed by atoms with van der Waals surface area (Å²) in [5.41, 5.74) is 0.680. The summed E-state index contributed by atoms with van der Waals surface area (Å²) < 4.78 is 4.98. The van der Waals surface area contributed by atoms with Gasteiger partial charge in [0.15, 0.2) is 0 Å². The number of cyclic esters (lactones) is 1. The molecule has 0 aliphatic carbocycles. The van der Waals surface area contributed by atoms with E-state index < -0.39 is 0 Å². The van der Waals surface area contributed by atoms with Gasteiger partial charge < -0.3 is 4.74 Å². The van der Waals surface area contributed by atoms with Crippen LogP contribution in [0.5, 0.6) is 0 Å². The minimum atomic E-state index is -0.0113. The molecular formula is C14H26O2. The van der Waals surface area contributed by atoms with E-state index in [4.69, 9.17) is 4.74 Å². The first kappa shape index (κ1) is 13.5. The molecule has 2 heteroatoms. The van der Waals surface area contributed by atoms with Gasteiger partial charge in [-0.25, -0.2) is 0 Å². The molecule has 0 saturated carbocycles. The van der Waals surface area contributed by atoms with Gasteiger partial charge in [0.25, 0.3) is 0 Å². The Morgan fingerprint density at radius 2 is 1.88 bits per heavy atom. The molecule has 0 radical (unpaired) electrons. The average molecular weight is 226 g/mol. The summed E-state index contributed by atoms with van der Waals surface area (Å²) >= 11 is 0. The monoisotopic (exact) mass is 226 g/mol. The molecule has 94 valence electrons. The Morgan fingerprint density at radius 3 is 2.38 bits per heavy atom. The molecule has 0 aromatic carbocycles. The molecule has 1 aliphatic rings. The Labute approximate surface area is 99.8 Å². The van der Waals surface area contributed by atoms with E-state index in [9.17, 15) is 4.79 Å². The van der Waals surface area contributed by atoms with Crippen LogP contribution in [0.4, 0.5) is 0 Å². The highest BCUT2D eigenvalue weighted by Gasteiger charge is 2.31. The van der Waals surface area contributed by atoms with Gasteiger partial charge in [-0.2, -0.15) is 0 Å². The number of carbonyl (C=O) groups is 1. The molecule has 0 aromatic rings. The minimum Gasteiger partial charge on any atom is -0.466 e. The quantitative estimate of drug-likeness (QED) is 0.684. The van der Waals surface area contributed by atoms with E-state index in [0.29, 0.717) is 29.8 Å². The molecule has 1 aliphatic heterocycles. The van der Waals surface area contributed by atoms with Crippen molar-refractivity contribution >= 4 is 5.97 Å². The van der Waals surface area contributed by atoms with E-state index in [1.807, 2.05) is 0 Å². The second kappa shape index (κ2) is 4.77. The molecule has 1 atom stereocenters. The molecule has 0 aromatic heterocycles. The third kappa shape index (κ3) is 5.00. The van der Waals surface area contributed by atoms with E-state index in [1.165, 1.54) is 6.42 Å². The number of rotatable bonds is 3. The zero-order valence-corrected chi connectivity index (χ0v) is 11.4. The Balaban J connectivity index is 2.48. The van der Waals surface area contributed by atoms with E-state index in [-0.39, 0.29) is 5.97 Å². The minimum absolute atomic E-state index is 0.0113. The van der Waals surface area contributed by atoms with E-state index >= 15 is 0 Å². The van der Waals surface area contributed by atoms with Gasteiger partial charge in [0.2, 0.25) is 0 Å². The molecule has 1 heterocycles. The summed E-state index contributed by atoms with van der Waals surface area (Å²) in [5.74, 6) is 0.515. The van der Waals surface area contributed by atoms with Gasteiger partial charge in [-0.1, -0.05) is 34.6 Å². The summed E-state index contributed by atoms with van der Waals surface area (Å²) in [6, 6.07) is 0. The van der Waals surface area contributed by atoms with Crippen LogP contribution in [0.1, 0.15) is 60.3 Å². The van der Waals surface area contributed by atoms with Gasteiger partial charge >= 0.3 is 5.97 Å². The largest absolute Gasteiger partial charge is 0.466 e. The average Bonchev–Trinajstić information content (AvgIpc) is 1.96. The summed E-state index contributed by atoms with van der Waals surface area (Å²) in [5, 5.41) is 0. The summed E-state index contributed by atoms with van der Waals surface area (Å²) in [7, 11) is 0. The van der Waals surface area contributed by atoms with Crippen LogP contribution in [0.2, 0.25) is 0 Å². The topological polar surface area (TPSA) is 26.3 Å². The Kier molecular flexibility index (Phi) is 4.03. The van der Waals surface area contributed by atoms with Gasteiger partial charge in [-0.05, 0) is 36.0 Å². The fourth-order valence-corrected chi connectivity index (χ4v) is 3.20. The molecule has 2 nitrogen and oxygen atoms in total. The zero-order valence-electron chi connectivity index (χ0n) is 11.4. The fraction of sp³-hybridized carbons (Fsp3) is 0.929. The van der Waals surface area contributed by atoms with Crippen LogP contribution in [-0.4, -0.2) is 12.6 Å². The highest BCUT2D eigenvalue weighted by atomic mass is 16.5. The second-order valence-corrected chi connectivity index (χ2v) is 7.19. The van der Waals surface area contributed by atoms with Gasteiger partial charge in [-0.15, -0.1) is 0 Å². The van der Waals surface area contributed by atoms with Crippen LogP contribution in [0, 0.1) is 16.7 Å². The maximum atomic E-state index is 11.2. The molecule has 1 fully saturated rings. The first-order valence-electron chi connectivity index (χ1n) is 6.34. The standard InChI is InChI=1S/C14H26O2/c1-13(2,3)10-14(4,5)9-11-6-7-16-12(15)8-11/h11H,6-10H2,1-5H3. The number of esters is 1. The fourth-order valence-electron chi connectivity index (χ4n) is 3.20. The SMILES string of the molecule is CC(C)(C)CC(C)(C)CC1CCOC(=O)C1. The Hall–Kier alpha value is -0.530. The van der Waals surface area contributed by atoms with E-state index in [2.05, 4.69) is 34.6 Å². The maximum Gasteiger partial charge on any atom is 0.306 e. The molecule has 0 N–H and O–H groups in total. The van der Waals surface area contributed by atoms with Gasteiger partial charge in [-0.3, -0.25) is 4.79 Å². The van der Waals surface area contributed by atoms with Crippen LogP contribution in [0.3, 0.4) is 0 Å². The van der Waals surface area contributed by atoms with Crippen LogP contribution in [0.15, 0.2) is 0 Å². The molecule has 0 bridgehead atoms. The number of hydrogen-bond donors (Lipinski definition) is 0. The highest BCUT2D eigenvalue weighted by Crippen LogP contribution is 2.39. The lowest BCUT2D eigenvalue weighted by Crippen LogP contribution is -2.28. The molecule has 1 rings (SSSR count). The third-order valence-corrected chi connectivity index (χ3v) is 3.09. The molecule has 1 unspecified atom stereocenters. The zero-order chi connectivity index (χ0) is 12.4. The number of carbonyl (C=O) groups excluding carboxylic acids is 1. The van der Waals surface area contributed by atoms with Crippen molar-refractivity contribution in [1.29, 1.82) is 0 Å². The first-order chi connectivity index (χ1) is 7.18. The van der Waals surface area contributed by atoms with Crippen molar-refractivity contribution < 1.29 is 9.53 Å². The van der Waals surface area contributed by atoms with Crippen molar-refractivity contribution in [2.45, 2.75) is 60.3 Å². The second-order valence-electron chi connectivity index (χ2n) is 7.19. The van der Waals surface area contributed by atoms with Crippen LogP contribution in [0.25, 0.3) is 0 Å². The normalized spacial score (nSPS) is 23.1. The first-order valence-corrected chi connectivity index (χ1v) is 6.34. The van der Waals surface area contributed by atoms with Crippen molar-refractivity contribution in [1.82, 2.24) is 0 Å². The van der Waals surface area contributed by atoms with E-state index in [1.54, 1.807) is 0 Å². The summed E-state index contributed by atoms with van der Waals surface area (Å²) in [6.45, 7) is 12.1. The van der Waals surface area contributed by atoms with Crippen molar-refractivity contribution in [3.8, 4) is 0 Å². The lowest BCUT2D eigenvalue weighted by Gasteiger charge is -2.36. The number of hydrogen-bond acceptors (Lipinski definition) is 2. The van der Waals surface area contributed by atoms with Gasteiger partial charge in [0, 0.05) is 6.42 Å². The van der Waals surface area contributed by atoms with Crippen molar-refractivity contribution in [2.24, 2.45) is 16.7 Å². The summed E-state index contributed by atoms with van der Waals surface area (Å²) in [6.07, 6.45) is 4.00. The molecular weight excluding hydrogens is 200 g/mol. The third-order valence-electron chi connectivity index (χ3n) is 3.09. The predicted octanol–water partition coefficient (Wildman–Crippen LogP) is 3.79. The predicted molar refractivity (Wildman–Crippen MR) is 66.2 cm³/mol. The summed E-state index contributed by atoms with van der Waals surface area (Å²) in [4.78, 5) is 11.2. The molecule has 1 saturated heterocycles. The van der Waals surface area contributed by atoms with Crippen LogP contribution < -0.4 is 0 Å². The Morgan fingerprint density at radius 1 is 1.25 bits per heavy atom. The van der Waals surface area contributed by atoms with Crippen molar-refractivity contribution in [2.75, 3.05) is 6.61 Å². The lowest BCUT2D eigenvalue weighted by molar-refractivity contribution is -0.149. The van der Waals surface area contributed by atoms with Crippen molar-refractivity contribution in [3.63, 3.8) is 0 Å². The molecule has 0 spiro atoms. The number of ether oxygens (including phenoxy) is 1. The van der Waals surface area contributed by atoms with Crippen molar-refractivity contribution in [3.05, 3.63) is 0 Å². The Bertz CT molecular complexity index is 248. The van der Waals surface area contributed by atoms with Gasteiger partial charge in [0.1, 0.15) is 0 Å². The molecule has 0 amide bonds. The van der Waals surface area contributed by atoms with Crippen LogP contribution in [-0.2, 0) is 9.53 Å². The van der Waals surface area contributed by atoms with E-state index in [0.717, 1.165) is 12.8 Å². The molecule has 16 heavy (non-hydrogen) atoms. The smallest absolute Gasteiger partial charge is 0.306 e. The van der Waals surface area contributed by atoms with Gasteiger partial charge in [0.05, 0.1) is 6.61 Å².